The highest BCUT2D eigenvalue weighted by molar-refractivity contribution is 5.96. The SMILES string of the molecule is CCOc1ccc(N2CCN(CC(=O)N3CCCC(Oc4nccnc4OC)C3)C2=O)cc1. The Balaban J connectivity index is 1.32. The van der Waals surface area contributed by atoms with Gasteiger partial charge in [-0.15, -0.1) is 0 Å². The van der Waals surface area contributed by atoms with Crippen molar-refractivity contribution >= 4 is 17.6 Å². The van der Waals surface area contributed by atoms with Gasteiger partial charge in [-0.25, -0.2) is 14.8 Å². The quantitative estimate of drug-likeness (QED) is 0.602. The van der Waals surface area contributed by atoms with Gasteiger partial charge in [0.2, 0.25) is 5.91 Å². The summed E-state index contributed by atoms with van der Waals surface area (Å²) >= 11 is 0. The molecule has 1 aromatic carbocycles. The first-order chi connectivity index (χ1) is 16.1. The molecule has 3 amide bonds. The highest BCUT2D eigenvalue weighted by Crippen LogP contribution is 2.25. The van der Waals surface area contributed by atoms with Crippen molar-refractivity contribution in [2.24, 2.45) is 0 Å². The topological polar surface area (TPSA) is 97.3 Å². The summed E-state index contributed by atoms with van der Waals surface area (Å²) in [6.45, 7) is 4.68. The first kappa shape index (κ1) is 22.6. The number of carbonyl (C=O) groups is 2. The number of nitrogens with zero attached hydrogens (tertiary/aromatic N) is 5. The Hall–Kier alpha value is -3.56. The monoisotopic (exact) mass is 455 g/mol. The number of aromatic nitrogens is 2. The van der Waals surface area contributed by atoms with Gasteiger partial charge in [-0.05, 0) is 44.0 Å². The lowest BCUT2D eigenvalue weighted by molar-refractivity contribution is -0.134. The van der Waals surface area contributed by atoms with Crippen molar-refractivity contribution in [3.05, 3.63) is 36.7 Å². The Labute approximate surface area is 193 Å². The zero-order valence-electron chi connectivity index (χ0n) is 19.0. The molecule has 10 heteroatoms. The molecule has 2 fully saturated rings. The third-order valence-corrected chi connectivity index (χ3v) is 5.72. The van der Waals surface area contributed by atoms with Crippen LogP contribution in [0.3, 0.4) is 0 Å². The number of amides is 3. The van der Waals surface area contributed by atoms with Crippen LogP contribution < -0.4 is 19.1 Å². The van der Waals surface area contributed by atoms with E-state index in [4.69, 9.17) is 14.2 Å². The summed E-state index contributed by atoms with van der Waals surface area (Å²) in [4.78, 5) is 39.2. The fourth-order valence-corrected chi connectivity index (χ4v) is 4.07. The molecule has 33 heavy (non-hydrogen) atoms. The minimum Gasteiger partial charge on any atom is -0.494 e. The molecular formula is C23H29N5O5. The van der Waals surface area contributed by atoms with Crippen LogP contribution in [0.5, 0.6) is 17.5 Å². The summed E-state index contributed by atoms with van der Waals surface area (Å²) in [6, 6.07) is 7.25. The van der Waals surface area contributed by atoms with Crippen molar-refractivity contribution in [3.63, 3.8) is 0 Å². The number of methoxy groups -OCH3 is 1. The van der Waals surface area contributed by atoms with Crippen LogP contribution in [0.25, 0.3) is 0 Å². The lowest BCUT2D eigenvalue weighted by Crippen LogP contribution is -2.48. The fourth-order valence-electron chi connectivity index (χ4n) is 4.07. The predicted octanol–water partition coefficient (Wildman–Crippen LogP) is 2.20. The van der Waals surface area contributed by atoms with Crippen molar-refractivity contribution in [2.75, 3.05) is 51.3 Å². The smallest absolute Gasteiger partial charge is 0.325 e. The minimum atomic E-state index is -0.206. The minimum absolute atomic E-state index is 0.0492. The van der Waals surface area contributed by atoms with Crippen molar-refractivity contribution < 1.29 is 23.8 Å². The molecule has 0 saturated carbocycles. The van der Waals surface area contributed by atoms with Gasteiger partial charge >= 0.3 is 6.03 Å². The maximum Gasteiger partial charge on any atom is 0.325 e. The Morgan fingerprint density at radius 2 is 1.85 bits per heavy atom. The molecular weight excluding hydrogens is 426 g/mol. The van der Waals surface area contributed by atoms with E-state index < -0.39 is 0 Å². The highest BCUT2D eigenvalue weighted by atomic mass is 16.5. The van der Waals surface area contributed by atoms with E-state index in [9.17, 15) is 9.59 Å². The van der Waals surface area contributed by atoms with Gasteiger partial charge in [0.25, 0.3) is 11.8 Å². The van der Waals surface area contributed by atoms with Gasteiger partial charge in [-0.1, -0.05) is 0 Å². The number of urea groups is 1. The number of hydrogen-bond donors (Lipinski definition) is 0. The third kappa shape index (κ3) is 5.27. The third-order valence-electron chi connectivity index (χ3n) is 5.72. The van der Waals surface area contributed by atoms with Gasteiger partial charge in [0.15, 0.2) is 0 Å². The molecule has 2 aliphatic heterocycles. The Kier molecular flexibility index (Phi) is 7.11. The Bertz CT molecular complexity index is 970. The van der Waals surface area contributed by atoms with Gasteiger partial charge in [-0.2, -0.15) is 0 Å². The number of hydrogen-bond acceptors (Lipinski definition) is 7. The first-order valence-electron chi connectivity index (χ1n) is 11.2. The van der Waals surface area contributed by atoms with Crippen LogP contribution in [0.15, 0.2) is 36.7 Å². The summed E-state index contributed by atoms with van der Waals surface area (Å²) in [6.07, 6.45) is 4.48. The van der Waals surface area contributed by atoms with E-state index >= 15 is 0 Å². The number of carbonyl (C=O) groups excluding carboxylic acids is 2. The molecule has 2 saturated heterocycles. The average molecular weight is 456 g/mol. The van der Waals surface area contributed by atoms with Crippen molar-refractivity contribution in [2.45, 2.75) is 25.9 Å². The summed E-state index contributed by atoms with van der Waals surface area (Å²) in [7, 11) is 1.51. The normalized spacial score (nSPS) is 18.4. The molecule has 1 unspecified atom stereocenters. The number of likely N-dealkylation sites (tertiary alicyclic amines) is 1. The van der Waals surface area contributed by atoms with Crippen molar-refractivity contribution in [1.29, 1.82) is 0 Å². The van der Waals surface area contributed by atoms with E-state index in [1.807, 2.05) is 31.2 Å². The van der Waals surface area contributed by atoms with Gasteiger partial charge in [-0.3, -0.25) is 9.69 Å². The predicted molar refractivity (Wildman–Crippen MR) is 121 cm³/mol. The number of benzene rings is 1. The summed E-state index contributed by atoms with van der Waals surface area (Å²) in [5.74, 6) is 1.32. The molecule has 3 heterocycles. The Morgan fingerprint density at radius 3 is 2.58 bits per heavy atom. The van der Waals surface area contributed by atoms with Gasteiger partial charge < -0.3 is 24.0 Å². The second-order valence-electron chi connectivity index (χ2n) is 7.88. The molecule has 0 aliphatic carbocycles. The average Bonchev–Trinajstić information content (AvgIpc) is 3.20. The fraction of sp³-hybridized carbons (Fsp3) is 0.478. The van der Waals surface area contributed by atoms with E-state index in [1.165, 1.54) is 13.3 Å². The number of ether oxygens (including phenoxy) is 3. The van der Waals surface area contributed by atoms with Crippen LogP contribution in [0.2, 0.25) is 0 Å². The van der Waals surface area contributed by atoms with Crippen molar-refractivity contribution in [3.8, 4) is 17.5 Å². The Morgan fingerprint density at radius 1 is 1.09 bits per heavy atom. The maximum absolute atomic E-state index is 13.0. The van der Waals surface area contributed by atoms with Gasteiger partial charge in [0.1, 0.15) is 18.4 Å². The van der Waals surface area contributed by atoms with E-state index in [0.717, 1.165) is 24.3 Å². The summed E-state index contributed by atoms with van der Waals surface area (Å²) in [5.41, 5.74) is 0.794. The van der Waals surface area contributed by atoms with Crippen LogP contribution >= 0.6 is 0 Å². The molecule has 0 N–H and O–H groups in total. The largest absolute Gasteiger partial charge is 0.494 e. The number of piperidine rings is 1. The molecule has 0 spiro atoms. The van der Waals surface area contributed by atoms with Gasteiger partial charge in [0, 0.05) is 37.7 Å². The number of anilines is 1. The first-order valence-corrected chi connectivity index (χ1v) is 11.2. The lowest BCUT2D eigenvalue weighted by Gasteiger charge is -2.33. The van der Waals surface area contributed by atoms with E-state index in [1.54, 1.807) is 20.9 Å². The summed E-state index contributed by atoms with van der Waals surface area (Å²) in [5, 5.41) is 0. The molecule has 0 bridgehead atoms. The number of rotatable bonds is 8. The van der Waals surface area contributed by atoms with Gasteiger partial charge in [0.05, 0.1) is 20.3 Å². The van der Waals surface area contributed by atoms with Crippen LogP contribution in [0.4, 0.5) is 10.5 Å². The summed E-state index contributed by atoms with van der Waals surface area (Å²) < 4.78 is 16.6. The molecule has 2 aliphatic rings. The standard InChI is InChI=1S/C23H29N5O5/c1-3-32-18-8-6-17(7-9-18)28-14-13-27(23(28)30)16-20(29)26-12-4-5-19(15-26)33-22-21(31-2)24-10-11-25-22/h6-11,19H,3-5,12-16H2,1-2H3. The highest BCUT2D eigenvalue weighted by Gasteiger charge is 2.33. The van der Waals surface area contributed by atoms with E-state index in [0.29, 0.717) is 44.5 Å². The van der Waals surface area contributed by atoms with Crippen LogP contribution in [-0.4, -0.2) is 84.3 Å². The van der Waals surface area contributed by atoms with E-state index in [2.05, 4.69) is 9.97 Å². The van der Waals surface area contributed by atoms with Crippen LogP contribution in [0, 0.1) is 0 Å². The zero-order valence-corrected chi connectivity index (χ0v) is 19.0. The molecule has 2 aromatic rings. The van der Waals surface area contributed by atoms with Crippen molar-refractivity contribution in [1.82, 2.24) is 19.8 Å². The molecule has 1 aromatic heterocycles. The maximum atomic E-state index is 13.0. The molecule has 1 atom stereocenters. The zero-order chi connectivity index (χ0) is 23.2. The van der Waals surface area contributed by atoms with Crippen LogP contribution in [-0.2, 0) is 4.79 Å². The molecule has 0 radical (unpaired) electrons. The second-order valence-corrected chi connectivity index (χ2v) is 7.88. The van der Waals surface area contributed by atoms with E-state index in [-0.39, 0.29) is 24.6 Å². The van der Waals surface area contributed by atoms with Crippen LogP contribution in [0.1, 0.15) is 19.8 Å². The second kappa shape index (κ2) is 10.4. The lowest BCUT2D eigenvalue weighted by atomic mass is 10.1. The molecule has 10 nitrogen and oxygen atoms in total. The molecule has 4 rings (SSSR count). The molecule has 176 valence electrons.